The zero-order chi connectivity index (χ0) is 70.9. The second-order valence-electron chi connectivity index (χ2n) is 25.5. The van der Waals surface area contributed by atoms with E-state index in [-0.39, 0.29) is 18.9 Å². The third-order valence-electron chi connectivity index (χ3n) is 17.7. The van der Waals surface area contributed by atoms with Crippen molar-refractivity contribution < 1.29 is 52.1 Å². The fourth-order valence-electron chi connectivity index (χ4n) is 12.2. The second kappa shape index (κ2) is 39.1. The van der Waals surface area contributed by atoms with Crippen molar-refractivity contribution >= 4 is 63.1 Å². The summed E-state index contributed by atoms with van der Waals surface area (Å²) >= 11 is 17.9. The summed E-state index contributed by atoms with van der Waals surface area (Å²) in [6, 6.07) is 39.0. The standard InChI is InChI=1S/C24H32N2O4.C24H30N2O4.C19H23ClN2O3.C12H10Cl2N2/c2*1-17-5-6-20(25)16-21(17)19-14-22(18-7-10-27-11-8-18)26-23(15-19)28-12-13-30-24-4-2-3-9-29-24;1-13-5-6-15(21)12-16(13)14-10-17(20)22-18(11-14)23-8-9-25-19-4-2-3-7-24-19;1-7-2-3-9(15)6-10(7)8-4-11(13)16-12(14)5-8/h5-6,14-16,18,24H,2-4,7-13,25H2,1H3;5-7,14-16,24H,2-4,8-13,25H2,1H3;5-6,10-12,19H,2-4,7-9,21H2,1H3;2-6H,15H2,1H3. The van der Waals surface area contributed by atoms with Crippen molar-refractivity contribution in [2.45, 2.75) is 130 Å². The van der Waals surface area contributed by atoms with Crippen LogP contribution in [0.15, 0.2) is 127 Å². The molecule has 9 heterocycles. The molecule has 0 amide bonds. The molecule has 4 fully saturated rings. The molecule has 0 saturated carbocycles. The number of nitrogen functional groups attached to an aromatic ring is 4. The van der Waals surface area contributed by atoms with Crippen LogP contribution in [-0.2, 0) is 37.9 Å². The van der Waals surface area contributed by atoms with Gasteiger partial charge in [0.1, 0.15) is 35.3 Å². The summed E-state index contributed by atoms with van der Waals surface area (Å²) in [7, 11) is 0. The van der Waals surface area contributed by atoms with Crippen molar-refractivity contribution in [3.8, 4) is 62.1 Å². The minimum atomic E-state index is -0.116. The smallest absolute Gasteiger partial charge is 0.215 e. The number of pyridine rings is 4. The first-order valence-corrected chi connectivity index (χ1v) is 36.1. The van der Waals surface area contributed by atoms with Gasteiger partial charge in [0.2, 0.25) is 17.6 Å². The van der Waals surface area contributed by atoms with Crippen LogP contribution in [0.25, 0.3) is 50.1 Å². The van der Waals surface area contributed by atoms with Crippen LogP contribution in [0.5, 0.6) is 17.6 Å². The molecule has 4 aromatic heterocycles. The highest BCUT2D eigenvalue weighted by Crippen LogP contribution is 2.37. The van der Waals surface area contributed by atoms with Crippen molar-refractivity contribution in [1.29, 1.82) is 0 Å². The monoisotopic (exact) mass is 1440 g/mol. The molecule has 13 rings (SSSR count). The number of hydrogen-bond donors (Lipinski definition) is 4. The van der Waals surface area contributed by atoms with E-state index in [4.69, 9.17) is 120 Å². The molecule has 5 aliphatic rings. The maximum atomic E-state index is 6.15. The highest BCUT2D eigenvalue weighted by molar-refractivity contribution is 6.33. The van der Waals surface area contributed by atoms with E-state index < -0.39 is 0 Å². The molecule has 0 bridgehead atoms. The molecule has 3 atom stereocenters. The van der Waals surface area contributed by atoms with E-state index in [0.29, 0.717) is 103 Å². The lowest BCUT2D eigenvalue weighted by atomic mass is 9.93. The molecule has 4 aromatic carbocycles. The Morgan fingerprint density at radius 1 is 0.386 bits per heavy atom. The van der Waals surface area contributed by atoms with Crippen LogP contribution in [-0.4, -0.2) is 125 Å². The van der Waals surface area contributed by atoms with E-state index in [1.165, 1.54) is 11.1 Å². The summed E-state index contributed by atoms with van der Waals surface area (Å²) < 4.78 is 62.7. The number of hydrogen-bond acceptors (Lipinski definition) is 19. The van der Waals surface area contributed by atoms with Gasteiger partial charge in [-0.05, 0) is 256 Å². The first kappa shape index (κ1) is 76.0. The lowest BCUT2D eigenvalue weighted by molar-refractivity contribution is -0.165. The highest BCUT2D eigenvalue weighted by Gasteiger charge is 2.22. The SMILES string of the molecule is Cc1ccc(N)cc1-c1cc(Cl)nc(Cl)c1.Cc1ccc(N)cc1-c1cc(Cl)nc(OCCOC2CCCCO2)c1.Cc1ccc(N)cc1-c1cc(OCCOC2CCCCO2)nc(C2=CCOCC2)c1.Cc1ccc(N)cc1-c1cc(OCCOC2CCCCO2)nc(C2CCOCC2)c1. The van der Waals surface area contributed by atoms with Crippen molar-refractivity contribution in [3.05, 3.63) is 177 Å². The molecule has 19 nitrogen and oxygen atoms in total. The highest BCUT2D eigenvalue weighted by atomic mass is 35.5. The Kier molecular flexibility index (Phi) is 29.5. The van der Waals surface area contributed by atoms with Gasteiger partial charge in [0.05, 0.1) is 38.7 Å². The van der Waals surface area contributed by atoms with Gasteiger partial charge in [-0.25, -0.2) is 19.9 Å². The Morgan fingerprint density at radius 2 is 0.772 bits per heavy atom. The van der Waals surface area contributed by atoms with Gasteiger partial charge in [-0.2, -0.15) is 0 Å². The molecule has 8 aromatic rings. The number of rotatable bonds is 21. The maximum absolute atomic E-state index is 6.15. The van der Waals surface area contributed by atoms with E-state index in [2.05, 4.69) is 48.1 Å². The van der Waals surface area contributed by atoms with E-state index in [1.807, 2.05) is 105 Å². The van der Waals surface area contributed by atoms with Gasteiger partial charge in [-0.15, -0.1) is 0 Å². The minimum absolute atomic E-state index is 0.102. The summed E-state index contributed by atoms with van der Waals surface area (Å²) in [6.45, 7) is 16.1. The lowest BCUT2D eigenvalue weighted by Gasteiger charge is -2.23. The predicted octanol–water partition coefficient (Wildman–Crippen LogP) is 17.0. The summed E-state index contributed by atoms with van der Waals surface area (Å²) in [5.74, 6) is 2.07. The van der Waals surface area contributed by atoms with Gasteiger partial charge in [0.15, 0.2) is 18.9 Å². The summed E-state index contributed by atoms with van der Waals surface area (Å²) in [5.41, 5.74) is 42.6. The van der Waals surface area contributed by atoms with E-state index >= 15 is 0 Å². The molecule has 0 spiro atoms. The summed E-state index contributed by atoms with van der Waals surface area (Å²) in [4.78, 5) is 17.7. The van der Waals surface area contributed by atoms with Gasteiger partial charge >= 0.3 is 0 Å². The fraction of sp³-hybridized carbons (Fsp3) is 0.418. The lowest BCUT2D eigenvalue weighted by Crippen LogP contribution is -2.24. The second-order valence-corrected chi connectivity index (χ2v) is 26.7. The predicted molar refractivity (Wildman–Crippen MR) is 402 cm³/mol. The molecule has 22 heteroatoms. The molecule has 3 unspecified atom stereocenters. The van der Waals surface area contributed by atoms with Gasteiger partial charge in [-0.3, -0.25) is 0 Å². The molecular formula is C79H95Cl3N8O11. The first-order valence-electron chi connectivity index (χ1n) is 35.0. The van der Waals surface area contributed by atoms with Crippen molar-refractivity contribution in [1.82, 2.24) is 19.9 Å². The molecular weight excluding hydrogens is 1340 g/mol. The third-order valence-corrected chi connectivity index (χ3v) is 18.3. The minimum Gasteiger partial charge on any atom is -0.475 e. The van der Waals surface area contributed by atoms with Crippen LogP contribution in [0.1, 0.15) is 117 Å². The van der Waals surface area contributed by atoms with E-state index in [0.717, 1.165) is 194 Å². The zero-order valence-corrected chi connectivity index (χ0v) is 60.6. The molecule has 0 radical (unpaired) electrons. The maximum Gasteiger partial charge on any atom is 0.215 e. The van der Waals surface area contributed by atoms with Crippen LogP contribution in [0.2, 0.25) is 15.5 Å². The topological polar surface area (TPSA) is 257 Å². The zero-order valence-electron chi connectivity index (χ0n) is 58.3. The Bertz CT molecular complexity index is 3970. The fourth-order valence-corrected chi connectivity index (χ4v) is 12.9. The number of aryl methyl sites for hydroxylation is 4. The van der Waals surface area contributed by atoms with Crippen molar-refractivity contribution in [2.24, 2.45) is 0 Å². The van der Waals surface area contributed by atoms with E-state index in [1.54, 1.807) is 12.1 Å². The van der Waals surface area contributed by atoms with Crippen LogP contribution in [0, 0.1) is 27.7 Å². The molecule has 5 aliphatic heterocycles. The normalized spacial score (nSPS) is 17.7. The molecule has 0 aliphatic carbocycles. The number of halogens is 3. The number of benzene rings is 4. The van der Waals surface area contributed by atoms with Gasteiger partial charge in [-0.1, -0.05) is 65.1 Å². The molecule has 538 valence electrons. The summed E-state index contributed by atoms with van der Waals surface area (Å²) in [6.07, 6.45) is 14.2. The van der Waals surface area contributed by atoms with Gasteiger partial charge < -0.3 is 75.0 Å². The average molecular weight is 1440 g/mol. The van der Waals surface area contributed by atoms with Crippen LogP contribution < -0.4 is 37.1 Å². The number of anilines is 4. The van der Waals surface area contributed by atoms with Crippen molar-refractivity contribution in [3.63, 3.8) is 0 Å². The molecule has 101 heavy (non-hydrogen) atoms. The van der Waals surface area contributed by atoms with Crippen molar-refractivity contribution in [2.75, 3.05) is 109 Å². The number of aromatic nitrogens is 4. The van der Waals surface area contributed by atoms with E-state index in [9.17, 15) is 0 Å². The summed E-state index contributed by atoms with van der Waals surface area (Å²) in [5, 5.41) is 1.14. The molecule has 4 saturated heterocycles. The Hall–Kier alpha value is -7.63. The Balaban J connectivity index is 0.000000148. The number of ether oxygens (including phenoxy) is 11. The first-order chi connectivity index (χ1) is 49.0. The molecule has 8 N–H and O–H groups in total. The van der Waals surface area contributed by atoms with Gasteiger partial charge in [0, 0.05) is 85.6 Å². The van der Waals surface area contributed by atoms with Crippen LogP contribution in [0.4, 0.5) is 22.7 Å². The number of nitrogens with zero attached hydrogens (tertiary/aromatic N) is 4. The quantitative estimate of drug-likeness (QED) is 0.0296. The van der Waals surface area contributed by atoms with Gasteiger partial charge in [0.25, 0.3) is 0 Å². The largest absolute Gasteiger partial charge is 0.475 e. The van der Waals surface area contributed by atoms with Crippen LogP contribution in [0.3, 0.4) is 0 Å². The Labute approximate surface area is 608 Å². The van der Waals surface area contributed by atoms with Crippen LogP contribution >= 0.6 is 34.8 Å². The average Bonchev–Trinajstić information content (AvgIpc) is 0.842. The number of nitrogens with two attached hydrogens (primary N) is 4. The Morgan fingerprint density at radius 3 is 1.18 bits per heavy atom. The third kappa shape index (κ3) is 24.0.